The molecule has 0 spiro atoms. The van der Waals surface area contributed by atoms with Gasteiger partial charge in [-0.1, -0.05) is 42.5 Å². The highest BCUT2D eigenvalue weighted by atomic mass is 16.1. The fourth-order valence-electron chi connectivity index (χ4n) is 4.27. The predicted molar refractivity (Wildman–Crippen MR) is 117 cm³/mol. The number of hydrogen-bond donors (Lipinski definition) is 1. The average Bonchev–Trinajstić information content (AvgIpc) is 3.18. The van der Waals surface area contributed by atoms with Crippen molar-refractivity contribution in [3.05, 3.63) is 107 Å². The van der Waals surface area contributed by atoms with Gasteiger partial charge in [-0.25, -0.2) is 0 Å². The lowest BCUT2D eigenvalue weighted by molar-refractivity contribution is 0.102. The third-order valence-electron chi connectivity index (χ3n) is 5.70. The summed E-state index contributed by atoms with van der Waals surface area (Å²) in [7, 11) is 0. The van der Waals surface area contributed by atoms with E-state index < -0.39 is 0 Å². The highest BCUT2D eigenvalue weighted by Gasteiger charge is 2.18. The van der Waals surface area contributed by atoms with E-state index in [2.05, 4.69) is 46.7 Å². The molecule has 4 aromatic rings. The van der Waals surface area contributed by atoms with Gasteiger partial charge in [0.15, 0.2) is 0 Å². The zero-order valence-corrected chi connectivity index (χ0v) is 16.2. The quantitative estimate of drug-likeness (QED) is 0.507. The first-order valence-corrected chi connectivity index (χ1v) is 10.1. The van der Waals surface area contributed by atoms with E-state index in [1.165, 1.54) is 22.1 Å². The number of pyridine rings is 1. The Bertz CT molecular complexity index is 1190. The van der Waals surface area contributed by atoms with Crippen LogP contribution in [0.1, 0.15) is 32.7 Å². The van der Waals surface area contributed by atoms with Crippen LogP contribution in [0.25, 0.3) is 10.8 Å². The number of aryl methyl sites for hydroxylation is 4. The van der Waals surface area contributed by atoms with Gasteiger partial charge in [0, 0.05) is 23.1 Å². The number of rotatable bonds is 5. The number of carbonyl (C=O) groups is 1. The first-order chi connectivity index (χ1) is 14.3. The van der Waals surface area contributed by atoms with Gasteiger partial charge in [0.05, 0.1) is 0 Å². The summed E-state index contributed by atoms with van der Waals surface area (Å²) in [4.78, 5) is 17.4. The van der Waals surface area contributed by atoms with Gasteiger partial charge in [0.1, 0.15) is 0 Å². The lowest BCUT2D eigenvalue weighted by Gasteiger charge is -2.11. The molecule has 1 heterocycles. The van der Waals surface area contributed by atoms with Crippen LogP contribution in [0.15, 0.2) is 79.0 Å². The number of anilines is 1. The van der Waals surface area contributed by atoms with Crippen LogP contribution in [-0.4, -0.2) is 10.9 Å². The van der Waals surface area contributed by atoms with Crippen molar-refractivity contribution in [2.45, 2.75) is 25.7 Å². The van der Waals surface area contributed by atoms with Crippen molar-refractivity contribution in [2.24, 2.45) is 0 Å². The summed E-state index contributed by atoms with van der Waals surface area (Å²) in [6, 6.07) is 24.4. The topological polar surface area (TPSA) is 42.0 Å². The average molecular weight is 378 g/mol. The number of carbonyl (C=O) groups excluding carboxylic acids is 1. The zero-order valence-electron chi connectivity index (χ0n) is 16.2. The van der Waals surface area contributed by atoms with Gasteiger partial charge >= 0.3 is 0 Å². The molecule has 1 aliphatic carbocycles. The number of amides is 1. The molecule has 0 bridgehead atoms. The Morgan fingerprint density at radius 2 is 1.72 bits per heavy atom. The number of benzene rings is 3. The second kappa shape index (κ2) is 7.51. The lowest BCUT2D eigenvalue weighted by atomic mass is 9.99. The minimum atomic E-state index is -0.0533. The monoisotopic (exact) mass is 378 g/mol. The normalized spacial score (nSPS) is 12.3. The van der Waals surface area contributed by atoms with E-state index in [0.717, 1.165) is 48.0 Å². The molecule has 0 saturated carbocycles. The van der Waals surface area contributed by atoms with E-state index in [1.54, 1.807) is 0 Å². The van der Waals surface area contributed by atoms with Crippen LogP contribution in [0, 0.1) is 0 Å². The summed E-state index contributed by atoms with van der Waals surface area (Å²) >= 11 is 0. The second-order valence-electron chi connectivity index (χ2n) is 7.59. The van der Waals surface area contributed by atoms with Crippen LogP contribution >= 0.6 is 0 Å². The number of nitrogens with zero attached hydrogens (tertiary/aromatic N) is 1. The van der Waals surface area contributed by atoms with Crippen LogP contribution in [0.3, 0.4) is 0 Å². The Hall–Kier alpha value is -3.46. The van der Waals surface area contributed by atoms with Gasteiger partial charge in [-0.2, -0.15) is 0 Å². The molecule has 0 unspecified atom stereocenters. The number of hydrogen-bond acceptors (Lipinski definition) is 2. The first kappa shape index (κ1) is 17.6. The molecular weight excluding hydrogens is 356 g/mol. The van der Waals surface area contributed by atoms with Crippen molar-refractivity contribution < 1.29 is 4.79 Å². The Morgan fingerprint density at radius 3 is 2.59 bits per heavy atom. The van der Waals surface area contributed by atoms with Crippen LogP contribution in [0.5, 0.6) is 0 Å². The second-order valence-corrected chi connectivity index (χ2v) is 7.59. The molecule has 3 nitrogen and oxygen atoms in total. The summed E-state index contributed by atoms with van der Waals surface area (Å²) in [5, 5.41) is 5.42. The van der Waals surface area contributed by atoms with E-state index in [4.69, 9.17) is 0 Å². The van der Waals surface area contributed by atoms with Crippen molar-refractivity contribution >= 4 is 22.4 Å². The Balaban J connectivity index is 1.36. The highest BCUT2D eigenvalue weighted by Crippen LogP contribution is 2.33. The number of aromatic nitrogens is 1. The molecule has 1 aromatic heterocycles. The van der Waals surface area contributed by atoms with Crippen molar-refractivity contribution in [2.75, 3.05) is 5.32 Å². The van der Waals surface area contributed by atoms with E-state index in [-0.39, 0.29) is 5.91 Å². The van der Waals surface area contributed by atoms with E-state index in [9.17, 15) is 4.79 Å². The summed E-state index contributed by atoms with van der Waals surface area (Å²) < 4.78 is 0. The summed E-state index contributed by atoms with van der Waals surface area (Å²) in [6.07, 6.45) is 5.73. The molecule has 5 rings (SSSR count). The first-order valence-electron chi connectivity index (χ1n) is 10.1. The molecule has 29 heavy (non-hydrogen) atoms. The standard InChI is InChI=1S/C26H22N2O/c29-26(24-15-13-20-12-11-19-6-4-9-23(24)25(19)20)28-22-8-3-5-18(17-22)10-14-21-7-1-2-16-27-21/h1-9,13,15-17H,10-12,14H2,(H,28,29). The SMILES string of the molecule is O=C(Nc1cccc(CCc2ccccn2)c1)c1ccc2c3c(cccc13)CC2. The molecule has 0 aliphatic heterocycles. The fraction of sp³-hybridized carbons (Fsp3) is 0.154. The Kier molecular flexibility index (Phi) is 4.57. The zero-order chi connectivity index (χ0) is 19.6. The third-order valence-corrected chi connectivity index (χ3v) is 5.70. The molecule has 1 amide bonds. The molecule has 3 heteroatoms. The van der Waals surface area contributed by atoms with Crippen LogP contribution in [0.4, 0.5) is 5.69 Å². The van der Waals surface area contributed by atoms with Gasteiger partial charge in [0.2, 0.25) is 0 Å². The molecule has 142 valence electrons. The van der Waals surface area contributed by atoms with Gasteiger partial charge in [-0.3, -0.25) is 9.78 Å². The van der Waals surface area contributed by atoms with E-state index in [1.807, 2.05) is 42.6 Å². The Labute approximate surface area is 170 Å². The molecule has 1 aliphatic rings. The smallest absolute Gasteiger partial charge is 0.256 e. The largest absolute Gasteiger partial charge is 0.322 e. The molecule has 0 saturated heterocycles. The molecule has 3 aromatic carbocycles. The van der Waals surface area contributed by atoms with Crippen molar-refractivity contribution in [3.8, 4) is 0 Å². The maximum Gasteiger partial charge on any atom is 0.256 e. The van der Waals surface area contributed by atoms with Gasteiger partial charge in [-0.15, -0.1) is 0 Å². The third kappa shape index (κ3) is 3.52. The van der Waals surface area contributed by atoms with Gasteiger partial charge in [0.25, 0.3) is 5.91 Å². The molecule has 0 atom stereocenters. The maximum atomic E-state index is 13.0. The summed E-state index contributed by atoms with van der Waals surface area (Å²) in [5.41, 5.74) is 6.54. The van der Waals surface area contributed by atoms with E-state index in [0.29, 0.717) is 0 Å². The van der Waals surface area contributed by atoms with Crippen molar-refractivity contribution in [1.29, 1.82) is 0 Å². The minimum absolute atomic E-state index is 0.0533. The maximum absolute atomic E-state index is 13.0. The van der Waals surface area contributed by atoms with Gasteiger partial charge < -0.3 is 5.32 Å². The van der Waals surface area contributed by atoms with Crippen LogP contribution in [-0.2, 0) is 25.7 Å². The fourth-order valence-corrected chi connectivity index (χ4v) is 4.27. The summed E-state index contributed by atoms with van der Waals surface area (Å²) in [6.45, 7) is 0. The highest BCUT2D eigenvalue weighted by molar-refractivity contribution is 6.14. The molecule has 0 radical (unpaired) electrons. The van der Waals surface area contributed by atoms with Crippen molar-refractivity contribution in [1.82, 2.24) is 4.98 Å². The van der Waals surface area contributed by atoms with Gasteiger partial charge in [-0.05, 0) is 83.5 Å². The summed E-state index contributed by atoms with van der Waals surface area (Å²) in [5.74, 6) is -0.0533. The predicted octanol–water partition coefficient (Wildman–Crippen LogP) is 5.37. The van der Waals surface area contributed by atoms with E-state index >= 15 is 0 Å². The molecule has 0 fully saturated rings. The molecular formula is C26H22N2O. The Morgan fingerprint density at radius 1 is 0.862 bits per heavy atom. The minimum Gasteiger partial charge on any atom is -0.322 e. The van der Waals surface area contributed by atoms with Crippen LogP contribution < -0.4 is 5.32 Å². The lowest BCUT2D eigenvalue weighted by Crippen LogP contribution is -2.12. The number of nitrogens with one attached hydrogen (secondary N) is 1. The van der Waals surface area contributed by atoms with Crippen LogP contribution in [0.2, 0.25) is 0 Å². The van der Waals surface area contributed by atoms with Crippen molar-refractivity contribution in [3.63, 3.8) is 0 Å². The molecule has 1 N–H and O–H groups in total.